The van der Waals surface area contributed by atoms with Crippen molar-refractivity contribution in [3.8, 4) is 0 Å². The van der Waals surface area contributed by atoms with Crippen molar-refractivity contribution in [3.05, 3.63) is 23.2 Å². The Labute approximate surface area is 81.3 Å². The predicted octanol–water partition coefficient (Wildman–Crippen LogP) is 1.45. The fraction of sp³-hybridized carbons (Fsp3) is 0.143. The van der Waals surface area contributed by atoms with Crippen LogP contribution in [0.2, 0.25) is 5.02 Å². The third-order valence-corrected chi connectivity index (χ3v) is 2.64. The average molecular weight is 221 g/mol. The summed E-state index contributed by atoms with van der Waals surface area (Å²) in [5, 5.41) is 3.86. The summed E-state index contributed by atoms with van der Waals surface area (Å²) in [5.41, 5.74) is 0.0756. The van der Waals surface area contributed by atoms with Crippen LogP contribution in [-0.4, -0.2) is 20.0 Å². The maximum Gasteiger partial charge on any atom is 0.296 e. The molecule has 0 fully saturated rings. The Morgan fingerprint density at radius 2 is 2.08 bits per heavy atom. The highest BCUT2D eigenvalue weighted by molar-refractivity contribution is 7.86. The number of rotatable bonds is 2. The van der Waals surface area contributed by atoms with Gasteiger partial charge in [0.2, 0.25) is 0 Å². The lowest BCUT2D eigenvalue weighted by atomic mass is 10.3. The van der Waals surface area contributed by atoms with Crippen molar-refractivity contribution in [1.82, 2.24) is 5.32 Å². The maximum absolute atomic E-state index is 10.8. The van der Waals surface area contributed by atoms with Crippen LogP contribution in [0.4, 0.5) is 5.69 Å². The third-order valence-electron chi connectivity index (χ3n) is 1.45. The van der Waals surface area contributed by atoms with E-state index in [0.717, 1.165) is 0 Å². The number of nitrogens with zero attached hydrogens (tertiary/aromatic N) is 1. The molecule has 1 rings (SSSR count). The van der Waals surface area contributed by atoms with Crippen LogP contribution in [-0.2, 0) is 10.1 Å². The van der Waals surface area contributed by atoms with Gasteiger partial charge >= 0.3 is 0 Å². The first-order valence-corrected chi connectivity index (χ1v) is 5.14. The third kappa shape index (κ3) is 2.12. The molecule has 0 aliphatic rings. The van der Waals surface area contributed by atoms with E-state index in [1.807, 2.05) is 0 Å². The van der Waals surface area contributed by atoms with Gasteiger partial charge in [0.15, 0.2) is 0 Å². The zero-order valence-electron chi connectivity index (χ0n) is 6.73. The van der Waals surface area contributed by atoms with Crippen molar-refractivity contribution >= 4 is 27.4 Å². The molecule has 0 amide bonds. The SMILES string of the molecule is C[N]c1c(Cl)cccc1S(=O)(=O)O. The summed E-state index contributed by atoms with van der Waals surface area (Å²) >= 11 is 5.67. The van der Waals surface area contributed by atoms with Gasteiger partial charge in [-0.2, -0.15) is 8.42 Å². The summed E-state index contributed by atoms with van der Waals surface area (Å²) in [6.45, 7) is 0. The zero-order chi connectivity index (χ0) is 10.1. The Bertz CT molecular complexity index is 416. The van der Waals surface area contributed by atoms with Crippen molar-refractivity contribution in [2.24, 2.45) is 0 Å². The van der Waals surface area contributed by atoms with E-state index in [-0.39, 0.29) is 15.6 Å². The molecule has 1 aromatic rings. The van der Waals surface area contributed by atoms with Crippen molar-refractivity contribution in [3.63, 3.8) is 0 Å². The second kappa shape index (κ2) is 3.53. The lowest BCUT2D eigenvalue weighted by molar-refractivity contribution is 0.483. The van der Waals surface area contributed by atoms with Crippen LogP contribution in [0.3, 0.4) is 0 Å². The Kier molecular flexibility index (Phi) is 2.80. The molecule has 1 radical (unpaired) electrons. The van der Waals surface area contributed by atoms with Crippen molar-refractivity contribution in [2.45, 2.75) is 4.90 Å². The number of benzene rings is 1. The molecular formula is C7H7ClNO3S. The highest BCUT2D eigenvalue weighted by Gasteiger charge is 2.17. The first-order chi connectivity index (χ1) is 5.96. The molecule has 0 aromatic heterocycles. The number of hydrogen-bond acceptors (Lipinski definition) is 2. The van der Waals surface area contributed by atoms with Crippen LogP contribution < -0.4 is 5.32 Å². The van der Waals surface area contributed by atoms with Gasteiger partial charge in [-0.3, -0.25) is 9.87 Å². The quantitative estimate of drug-likeness (QED) is 0.767. The molecule has 71 valence electrons. The van der Waals surface area contributed by atoms with Gasteiger partial charge in [-0.15, -0.1) is 0 Å². The molecule has 1 aromatic carbocycles. The monoisotopic (exact) mass is 220 g/mol. The van der Waals surface area contributed by atoms with Gasteiger partial charge in [0, 0.05) is 7.05 Å². The van der Waals surface area contributed by atoms with Crippen molar-refractivity contribution < 1.29 is 13.0 Å². The van der Waals surface area contributed by atoms with E-state index in [0.29, 0.717) is 0 Å². The van der Waals surface area contributed by atoms with Gasteiger partial charge in [-0.05, 0) is 12.1 Å². The highest BCUT2D eigenvalue weighted by Crippen LogP contribution is 2.28. The van der Waals surface area contributed by atoms with E-state index in [2.05, 4.69) is 5.32 Å². The normalized spacial score (nSPS) is 11.3. The van der Waals surface area contributed by atoms with E-state index in [1.165, 1.54) is 25.2 Å². The van der Waals surface area contributed by atoms with Crippen LogP contribution in [0, 0.1) is 0 Å². The van der Waals surface area contributed by atoms with Gasteiger partial charge in [0.1, 0.15) is 4.90 Å². The molecule has 0 spiro atoms. The standard InChI is InChI=1S/C7H7ClNO3S/c1-9-7-5(8)3-2-4-6(7)13(10,11)12/h2-4H,1H3,(H,10,11,12). The Balaban J connectivity index is 3.47. The summed E-state index contributed by atoms with van der Waals surface area (Å²) in [6, 6.07) is 4.17. The minimum atomic E-state index is -4.25. The summed E-state index contributed by atoms with van der Waals surface area (Å²) in [5.74, 6) is 0. The molecule has 6 heteroatoms. The molecule has 0 saturated heterocycles. The van der Waals surface area contributed by atoms with Gasteiger partial charge < -0.3 is 0 Å². The van der Waals surface area contributed by atoms with Crippen LogP contribution in [0.1, 0.15) is 0 Å². The van der Waals surface area contributed by atoms with E-state index < -0.39 is 10.1 Å². The molecule has 0 unspecified atom stereocenters. The Morgan fingerprint density at radius 3 is 2.46 bits per heavy atom. The summed E-state index contributed by atoms with van der Waals surface area (Å²) in [4.78, 5) is -0.275. The zero-order valence-corrected chi connectivity index (χ0v) is 8.30. The van der Waals surface area contributed by atoms with Crippen molar-refractivity contribution in [1.29, 1.82) is 0 Å². The number of halogens is 1. The lowest BCUT2D eigenvalue weighted by Crippen LogP contribution is -2.03. The first kappa shape index (κ1) is 10.3. The molecule has 1 N–H and O–H groups in total. The van der Waals surface area contributed by atoms with E-state index in [1.54, 1.807) is 0 Å². The molecule has 0 saturated carbocycles. The van der Waals surface area contributed by atoms with Crippen LogP contribution >= 0.6 is 11.6 Å². The molecule has 0 aliphatic heterocycles. The second-order valence-electron chi connectivity index (χ2n) is 2.29. The number of hydrogen-bond donors (Lipinski definition) is 1. The average Bonchev–Trinajstić information content (AvgIpc) is 2.02. The van der Waals surface area contributed by atoms with Gasteiger partial charge in [0.05, 0.1) is 10.7 Å². The van der Waals surface area contributed by atoms with E-state index in [4.69, 9.17) is 16.2 Å². The second-order valence-corrected chi connectivity index (χ2v) is 4.08. The van der Waals surface area contributed by atoms with Gasteiger partial charge in [-0.25, -0.2) is 0 Å². The molecule has 13 heavy (non-hydrogen) atoms. The predicted molar refractivity (Wildman–Crippen MR) is 49.0 cm³/mol. The first-order valence-electron chi connectivity index (χ1n) is 3.32. The van der Waals surface area contributed by atoms with Gasteiger partial charge in [0.25, 0.3) is 10.1 Å². The van der Waals surface area contributed by atoms with E-state index in [9.17, 15) is 8.42 Å². The minimum absolute atomic E-state index is 0.0756. The summed E-state index contributed by atoms with van der Waals surface area (Å²) in [6.07, 6.45) is 0. The van der Waals surface area contributed by atoms with Crippen LogP contribution in [0.15, 0.2) is 23.1 Å². The molecular weight excluding hydrogens is 214 g/mol. The van der Waals surface area contributed by atoms with Crippen LogP contribution in [0.5, 0.6) is 0 Å². The summed E-state index contributed by atoms with van der Waals surface area (Å²) < 4.78 is 30.4. The number of para-hydroxylation sites is 1. The van der Waals surface area contributed by atoms with E-state index >= 15 is 0 Å². The molecule has 0 atom stereocenters. The largest absolute Gasteiger partial charge is 0.296 e. The van der Waals surface area contributed by atoms with Gasteiger partial charge in [-0.1, -0.05) is 17.7 Å². The fourth-order valence-electron chi connectivity index (χ4n) is 0.921. The molecule has 0 heterocycles. The summed E-state index contributed by atoms with van der Waals surface area (Å²) in [7, 11) is -2.85. The molecule has 0 bridgehead atoms. The minimum Gasteiger partial charge on any atom is -0.286 e. The smallest absolute Gasteiger partial charge is 0.286 e. The highest BCUT2D eigenvalue weighted by atomic mass is 35.5. The van der Waals surface area contributed by atoms with Crippen molar-refractivity contribution in [2.75, 3.05) is 7.05 Å². The topological polar surface area (TPSA) is 68.5 Å². The van der Waals surface area contributed by atoms with Crippen LogP contribution in [0.25, 0.3) is 0 Å². The molecule has 0 aliphatic carbocycles. The maximum atomic E-state index is 10.8. The Hall–Kier alpha value is -0.780. The Morgan fingerprint density at radius 1 is 1.46 bits per heavy atom. The lowest BCUT2D eigenvalue weighted by Gasteiger charge is -2.05. The fourth-order valence-corrected chi connectivity index (χ4v) is 1.93. The molecule has 4 nitrogen and oxygen atoms in total.